The number of hydrogen-bond donors (Lipinski definition) is 2. The molecule has 0 aromatic carbocycles. The quantitative estimate of drug-likeness (QED) is 0.869. The van der Waals surface area contributed by atoms with Crippen molar-refractivity contribution in [3.8, 4) is 0 Å². The number of anilines is 1. The Morgan fingerprint density at radius 2 is 2.10 bits per heavy atom. The lowest BCUT2D eigenvalue weighted by Crippen LogP contribution is -2.32. The maximum Gasteiger partial charge on any atom is 0.274 e. The second kappa shape index (κ2) is 5.81. The van der Waals surface area contributed by atoms with Crippen LogP contribution in [0.5, 0.6) is 0 Å². The first-order chi connectivity index (χ1) is 9.52. The van der Waals surface area contributed by atoms with E-state index in [9.17, 15) is 9.59 Å². The largest absolute Gasteiger partial charge is 0.321 e. The Morgan fingerprint density at radius 1 is 1.43 bits per heavy atom. The number of halogens is 1. The summed E-state index contributed by atoms with van der Waals surface area (Å²) in [6.45, 7) is 3.91. The van der Waals surface area contributed by atoms with Crippen molar-refractivity contribution in [2.24, 2.45) is 18.4 Å². The van der Waals surface area contributed by atoms with E-state index in [0.717, 1.165) is 37.9 Å². The fourth-order valence-electron chi connectivity index (χ4n) is 3.39. The van der Waals surface area contributed by atoms with E-state index in [1.54, 1.807) is 19.3 Å². The molecule has 1 aromatic heterocycles. The molecule has 21 heavy (non-hydrogen) atoms. The predicted molar refractivity (Wildman–Crippen MR) is 84.9 cm³/mol. The summed E-state index contributed by atoms with van der Waals surface area (Å²) in [6, 6.07) is 1.75. The van der Waals surface area contributed by atoms with Gasteiger partial charge < -0.3 is 15.2 Å². The van der Waals surface area contributed by atoms with Gasteiger partial charge >= 0.3 is 0 Å². The van der Waals surface area contributed by atoms with Gasteiger partial charge in [-0.15, -0.1) is 12.4 Å². The summed E-state index contributed by atoms with van der Waals surface area (Å²) in [5, 5.41) is 6.16. The highest BCUT2D eigenvalue weighted by molar-refractivity contribution is 5.95. The maximum absolute atomic E-state index is 12.3. The lowest BCUT2D eigenvalue weighted by Gasteiger charge is -2.23. The normalized spacial score (nSPS) is 22.5. The van der Waals surface area contributed by atoms with Crippen LogP contribution < -0.4 is 16.2 Å². The van der Waals surface area contributed by atoms with Crippen LogP contribution in [0.1, 0.15) is 24.8 Å². The van der Waals surface area contributed by atoms with Crippen molar-refractivity contribution in [3.63, 3.8) is 0 Å². The predicted octanol–water partition coefficient (Wildman–Crippen LogP) is 1.44. The fraction of sp³-hybridized carbons (Fsp3) is 0.600. The second-order valence-electron chi connectivity index (χ2n) is 6.21. The van der Waals surface area contributed by atoms with Crippen molar-refractivity contribution in [2.75, 3.05) is 18.4 Å². The Bertz CT molecular complexity index is 605. The van der Waals surface area contributed by atoms with Crippen molar-refractivity contribution in [1.82, 2.24) is 9.88 Å². The summed E-state index contributed by atoms with van der Waals surface area (Å²) in [7, 11) is 1.70. The van der Waals surface area contributed by atoms with Crippen LogP contribution in [-0.4, -0.2) is 23.6 Å². The Morgan fingerprint density at radius 3 is 2.76 bits per heavy atom. The van der Waals surface area contributed by atoms with Gasteiger partial charge in [-0.25, -0.2) is 0 Å². The molecule has 1 amide bonds. The molecule has 0 bridgehead atoms. The fourth-order valence-corrected chi connectivity index (χ4v) is 3.39. The third-order valence-electron chi connectivity index (χ3n) is 4.68. The van der Waals surface area contributed by atoms with E-state index in [1.165, 1.54) is 4.57 Å². The van der Waals surface area contributed by atoms with Crippen LogP contribution in [0, 0.1) is 18.3 Å². The number of aryl methyl sites for hydroxylation is 2. The van der Waals surface area contributed by atoms with E-state index in [1.807, 2.05) is 6.92 Å². The van der Waals surface area contributed by atoms with E-state index in [2.05, 4.69) is 10.6 Å². The summed E-state index contributed by atoms with van der Waals surface area (Å²) in [5.41, 5.74) is 1.41. The van der Waals surface area contributed by atoms with Crippen LogP contribution in [0.15, 0.2) is 17.1 Å². The summed E-state index contributed by atoms with van der Waals surface area (Å²) in [4.78, 5) is 24.3. The van der Waals surface area contributed by atoms with Crippen LogP contribution in [0.4, 0.5) is 5.69 Å². The van der Waals surface area contributed by atoms with Crippen molar-refractivity contribution in [3.05, 3.63) is 28.2 Å². The van der Waals surface area contributed by atoms with E-state index in [0.29, 0.717) is 5.69 Å². The zero-order valence-electron chi connectivity index (χ0n) is 12.4. The number of pyridine rings is 1. The number of aromatic nitrogens is 1. The summed E-state index contributed by atoms with van der Waals surface area (Å²) < 4.78 is 1.51. The molecular weight excluding hydrogens is 290 g/mol. The Hall–Kier alpha value is -1.33. The van der Waals surface area contributed by atoms with Crippen LogP contribution in [0.3, 0.4) is 0 Å². The number of carbonyl (C=O) groups is 1. The zero-order chi connectivity index (χ0) is 14.3. The molecule has 1 saturated heterocycles. The minimum Gasteiger partial charge on any atom is -0.321 e. The number of nitrogens with one attached hydrogen (secondary N) is 2. The van der Waals surface area contributed by atoms with Crippen LogP contribution in [0.2, 0.25) is 0 Å². The second-order valence-corrected chi connectivity index (χ2v) is 6.21. The van der Waals surface area contributed by atoms with Gasteiger partial charge in [-0.3, -0.25) is 9.59 Å². The van der Waals surface area contributed by atoms with Gasteiger partial charge in [0.1, 0.15) is 5.69 Å². The van der Waals surface area contributed by atoms with Gasteiger partial charge in [-0.05, 0) is 56.3 Å². The lowest BCUT2D eigenvalue weighted by atomic mass is 9.92. The third-order valence-corrected chi connectivity index (χ3v) is 4.68. The van der Waals surface area contributed by atoms with Crippen LogP contribution in [0.25, 0.3) is 0 Å². The molecular formula is C15H22ClN3O2. The van der Waals surface area contributed by atoms with Crippen molar-refractivity contribution in [1.29, 1.82) is 0 Å². The van der Waals surface area contributed by atoms with Crippen molar-refractivity contribution >= 4 is 24.0 Å². The molecule has 1 spiro atoms. The first-order valence-corrected chi connectivity index (χ1v) is 7.21. The standard InChI is InChI=1S/C15H21N3O2.ClH/c1-10-7-12(14(20)18(2)9-10)17-13(19)11-8-15(11)3-5-16-6-4-15;/h7,9,11,16H,3-6,8H2,1-2H3,(H,17,19);1H. The van der Waals surface area contributed by atoms with Crippen LogP contribution in [-0.2, 0) is 11.8 Å². The highest BCUT2D eigenvalue weighted by Gasteiger charge is 2.57. The van der Waals surface area contributed by atoms with Gasteiger partial charge in [-0.2, -0.15) is 0 Å². The Labute approximate surface area is 130 Å². The van der Waals surface area contributed by atoms with E-state index in [4.69, 9.17) is 0 Å². The minimum atomic E-state index is -0.149. The topological polar surface area (TPSA) is 63.1 Å². The number of rotatable bonds is 2. The molecule has 1 unspecified atom stereocenters. The van der Waals surface area contributed by atoms with E-state index < -0.39 is 0 Å². The smallest absolute Gasteiger partial charge is 0.274 e. The van der Waals surface area contributed by atoms with Crippen molar-refractivity contribution < 1.29 is 4.79 Å². The van der Waals surface area contributed by atoms with Crippen molar-refractivity contribution in [2.45, 2.75) is 26.2 Å². The lowest BCUT2D eigenvalue weighted by molar-refractivity contribution is -0.118. The minimum absolute atomic E-state index is 0. The first-order valence-electron chi connectivity index (χ1n) is 7.21. The van der Waals surface area contributed by atoms with Gasteiger partial charge in [0.15, 0.2) is 0 Å². The molecule has 1 aromatic rings. The average Bonchev–Trinajstić information content (AvgIpc) is 3.10. The first kappa shape index (κ1) is 16.0. The summed E-state index contributed by atoms with van der Waals surface area (Å²) in [5.74, 6) is 0.0874. The molecule has 1 aliphatic heterocycles. The number of hydrogen-bond acceptors (Lipinski definition) is 3. The number of amides is 1. The molecule has 2 heterocycles. The molecule has 6 heteroatoms. The Balaban J connectivity index is 0.00000161. The highest BCUT2D eigenvalue weighted by Crippen LogP contribution is 2.58. The van der Waals surface area contributed by atoms with Gasteiger partial charge in [0.25, 0.3) is 5.56 Å². The SMILES string of the molecule is Cc1cc(NC(=O)C2CC23CCNCC3)c(=O)n(C)c1.Cl. The molecule has 1 aliphatic carbocycles. The number of piperidine rings is 1. The van der Waals surface area contributed by atoms with Gasteiger partial charge in [0.2, 0.25) is 5.91 Å². The highest BCUT2D eigenvalue weighted by atomic mass is 35.5. The summed E-state index contributed by atoms with van der Waals surface area (Å²) in [6.07, 6.45) is 4.86. The maximum atomic E-state index is 12.3. The molecule has 1 saturated carbocycles. The molecule has 0 radical (unpaired) electrons. The monoisotopic (exact) mass is 311 g/mol. The molecule has 3 rings (SSSR count). The molecule has 116 valence electrons. The number of nitrogens with zero attached hydrogens (tertiary/aromatic N) is 1. The van der Waals surface area contributed by atoms with Gasteiger partial charge in [-0.1, -0.05) is 0 Å². The van der Waals surface area contributed by atoms with Gasteiger partial charge in [0.05, 0.1) is 0 Å². The zero-order valence-corrected chi connectivity index (χ0v) is 13.3. The molecule has 2 aliphatic rings. The third kappa shape index (κ3) is 2.99. The molecule has 5 nitrogen and oxygen atoms in total. The molecule has 2 fully saturated rings. The van der Waals surface area contributed by atoms with Crippen LogP contribution >= 0.6 is 12.4 Å². The van der Waals surface area contributed by atoms with Gasteiger partial charge in [0, 0.05) is 19.2 Å². The number of carbonyl (C=O) groups excluding carboxylic acids is 1. The Kier molecular flexibility index (Phi) is 4.44. The summed E-state index contributed by atoms with van der Waals surface area (Å²) >= 11 is 0. The van der Waals surface area contributed by atoms with E-state index >= 15 is 0 Å². The van der Waals surface area contributed by atoms with E-state index in [-0.39, 0.29) is 35.2 Å². The molecule has 2 N–H and O–H groups in total. The molecule has 1 atom stereocenters. The average molecular weight is 312 g/mol.